The van der Waals surface area contributed by atoms with Crippen molar-refractivity contribution in [2.45, 2.75) is 38.1 Å². The van der Waals surface area contributed by atoms with Crippen molar-refractivity contribution in [3.05, 3.63) is 33.8 Å². The zero-order valence-electron chi connectivity index (χ0n) is 11.5. The van der Waals surface area contributed by atoms with E-state index in [2.05, 4.69) is 25.2 Å². The third-order valence-electron chi connectivity index (χ3n) is 3.83. The molecule has 1 saturated heterocycles. The molecule has 1 aromatic rings. The third-order valence-corrected chi connectivity index (χ3v) is 4.57. The van der Waals surface area contributed by atoms with Crippen molar-refractivity contribution in [3.63, 3.8) is 0 Å². The van der Waals surface area contributed by atoms with Crippen molar-refractivity contribution >= 4 is 23.2 Å². The molecular formula is C15H21Cl2NO. The van der Waals surface area contributed by atoms with Crippen molar-refractivity contribution < 1.29 is 4.74 Å². The molecule has 1 heterocycles. The molecule has 1 fully saturated rings. The number of ether oxygens (including phenoxy) is 1. The van der Waals surface area contributed by atoms with Gasteiger partial charge in [0.05, 0.1) is 10.0 Å². The molecule has 4 heteroatoms. The van der Waals surface area contributed by atoms with Gasteiger partial charge >= 0.3 is 0 Å². The molecule has 2 nitrogen and oxygen atoms in total. The van der Waals surface area contributed by atoms with Gasteiger partial charge in [0.2, 0.25) is 0 Å². The van der Waals surface area contributed by atoms with Crippen LogP contribution < -0.4 is 5.32 Å². The molecule has 0 bridgehead atoms. The maximum Gasteiger partial charge on any atom is 0.0595 e. The molecule has 1 N–H and O–H groups in total. The van der Waals surface area contributed by atoms with Crippen molar-refractivity contribution in [2.75, 3.05) is 19.8 Å². The summed E-state index contributed by atoms with van der Waals surface area (Å²) in [6.45, 7) is 6.90. The lowest BCUT2D eigenvalue weighted by molar-refractivity contribution is 0.0492. The largest absolute Gasteiger partial charge is 0.381 e. The molecular weight excluding hydrogens is 281 g/mol. The molecule has 1 aromatic carbocycles. The van der Waals surface area contributed by atoms with Gasteiger partial charge in [-0.05, 0) is 30.5 Å². The summed E-state index contributed by atoms with van der Waals surface area (Å²) in [5.74, 6) is 0. The van der Waals surface area contributed by atoms with E-state index in [4.69, 9.17) is 27.9 Å². The van der Waals surface area contributed by atoms with E-state index in [0.29, 0.717) is 16.1 Å². The molecule has 106 valence electrons. The van der Waals surface area contributed by atoms with Crippen molar-refractivity contribution in [1.29, 1.82) is 0 Å². The highest BCUT2D eigenvalue weighted by Crippen LogP contribution is 2.37. The first-order valence-electron chi connectivity index (χ1n) is 6.80. The van der Waals surface area contributed by atoms with Crippen LogP contribution in [0.5, 0.6) is 0 Å². The van der Waals surface area contributed by atoms with Gasteiger partial charge in [0.1, 0.15) is 0 Å². The predicted molar refractivity (Wildman–Crippen MR) is 81.3 cm³/mol. The monoisotopic (exact) mass is 301 g/mol. The SMILES string of the molecule is CC(C)NCC1(c2ccc(Cl)c(Cl)c2)CCOCC1. The number of benzene rings is 1. The summed E-state index contributed by atoms with van der Waals surface area (Å²) >= 11 is 12.2. The molecule has 2 rings (SSSR count). The number of hydrogen-bond acceptors (Lipinski definition) is 2. The summed E-state index contributed by atoms with van der Waals surface area (Å²) < 4.78 is 5.52. The zero-order chi connectivity index (χ0) is 13.9. The van der Waals surface area contributed by atoms with Gasteiger partial charge in [-0.1, -0.05) is 43.1 Å². The van der Waals surface area contributed by atoms with Gasteiger partial charge < -0.3 is 10.1 Å². The first kappa shape index (κ1) is 15.1. The number of rotatable bonds is 4. The molecule has 0 radical (unpaired) electrons. The van der Waals surface area contributed by atoms with Gasteiger partial charge in [0, 0.05) is 31.2 Å². The second-order valence-electron chi connectivity index (χ2n) is 5.56. The zero-order valence-corrected chi connectivity index (χ0v) is 13.0. The molecule has 0 amide bonds. The molecule has 0 atom stereocenters. The second-order valence-corrected chi connectivity index (χ2v) is 6.37. The Morgan fingerprint density at radius 2 is 1.89 bits per heavy atom. The Bertz CT molecular complexity index is 428. The maximum atomic E-state index is 6.17. The molecule has 1 aliphatic heterocycles. The highest BCUT2D eigenvalue weighted by Gasteiger charge is 2.34. The Morgan fingerprint density at radius 3 is 2.47 bits per heavy atom. The van der Waals surface area contributed by atoms with Gasteiger partial charge in [0.25, 0.3) is 0 Å². The van der Waals surface area contributed by atoms with Crippen molar-refractivity contribution in [1.82, 2.24) is 5.32 Å². The lowest BCUT2D eigenvalue weighted by Crippen LogP contribution is -2.44. The Balaban J connectivity index is 2.27. The second kappa shape index (κ2) is 6.45. The van der Waals surface area contributed by atoms with E-state index in [0.717, 1.165) is 32.6 Å². The van der Waals surface area contributed by atoms with E-state index in [9.17, 15) is 0 Å². The molecule has 0 aliphatic carbocycles. The van der Waals surface area contributed by atoms with Crippen LogP contribution >= 0.6 is 23.2 Å². The number of hydrogen-bond donors (Lipinski definition) is 1. The normalized spacial score (nSPS) is 18.8. The molecule has 19 heavy (non-hydrogen) atoms. The summed E-state index contributed by atoms with van der Waals surface area (Å²) in [4.78, 5) is 0. The van der Waals surface area contributed by atoms with Crippen molar-refractivity contribution in [2.24, 2.45) is 0 Å². The first-order valence-corrected chi connectivity index (χ1v) is 7.56. The average Bonchev–Trinajstić information content (AvgIpc) is 2.40. The molecule has 0 spiro atoms. The fourth-order valence-corrected chi connectivity index (χ4v) is 2.85. The summed E-state index contributed by atoms with van der Waals surface area (Å²) in [7, 11) is 0. The van der Waals surface area contributed by atoms with Crippen LogP contribution in [0.15, 0.2) is 18.2 Å². The molecule has 0 unspecified atom stereocenters. The third kappa shape index (κ3) is 3.63. The fourth-order valence-electron chi connectivity index (χ4n) is 2.56. The Morgan fingerprint density at radius 1 is 1.21 bits per heavy atom. The van der Waals surface area contributed by atoms with E-state index in [1.165, 1.54) is 5.56 Å². The minimum absolute atomic E-state index is 0.108. The quantitative estimate of drug-likeness (QED) is 0.906. The van der Waals surface area contributed by atoms with E-state index in [1.807, 2.05) is 12.1 Å². The topological polar surface area (TPSA) is 21.3 Å². The standard InChI is InChI=1S/C15H21Cl2NO/c1-11(2)18-10-15(5-7-19-8-6-15)12-3-4-13(16)14(17)9-12/h3-4,9,11,18H,5-8,10H2,1-2H3. The first-order chi connectivity index (χ1) is 9.03. The number of nitrogens with one attached hydrogen (secondary N) is 1. The van der Waals surface area contributed by atoms with Gasteiger partial charge in [-0.2, -0.15) is 0 Å². The van der Waals surface area contributed by atoms with Crippen LogP contribution in [0.25, 0.3) is 0 Å². The van der Waals surface area contributed by atoms with Crippen LogP contribution in [-0.2, 0) is 10.2 Å². The van der Waals surface area contributed by atoms with E-state index >= 15 is 0 Å². The summed E-state index contributed by atoms with van der Waals surface area (Å²) in [5.41, 5.74) is 1.37. The van der Waals surface area contributed by atoms with Gasteiger partial charge in [-0.25, -0.2) is 0 Å². The molecule has 1 aliphatic rings. The number of halogens is 2. The van der Waals surface area contributed by atoms with Crippen LogP contribution in [0.1, 0.15) is 32.3 Å². The lowest BCUT2D eigenvalue weighted by Gasteiger charge is -2.38. The minimum Gasteiger partial charge on any atom is -0.381 e. The van der Waals surface area contributed by atoms with Gasteiger partial charge in [-0.15, -0.1) is 0 Å². The Hall–Kier alpha value is -0.280. The Kier molecular flexibility index (Phi) is 5.13. The van der Waals surface area contributed by atoms with Crippen LogP contribution in [0.4, 0.5) is 0 Å². The Labute approximate surface area is 125 Å². The van der Waals surface area contributed by atoms with Crippen LogP contribution in [-0.4, -0.2) is 25.8 Å². The molecule has 0 saturated carbocycles. The highest BCUT2D eigenvalue weighted by molar-refractivity contribution is 6.42. The predicted octanol–water partition coefficient (Wildman–Crippen LogP) is 4.04. The van der Waals surface area contributed by atoms with Gasteiger partial charge in [-0.3, -0.25) is 0 Å². The van der Waals surface area contributed by atoms with E-state index < -0.39 is 0 Å². The summed E-state index contributed by atoms with van der Waals surface area (Å²) in [6, 6.07) is 6.48. The summed E-state index contributed by atoms with van der Waals surface area (Å²) in [6.07, 6.45) is 2.04. The average molecular weight is 302 g/mol. The summed E-state index contributed by atoms with van der Waals surface area (Å²) in [5, 5.41) is 4.81. The van der Waals surface area contributed by atoms with Crippen LogP contribution in [0.2, 0.25) is 10.0 Å². The maximum absolute atomic E-state index is 6.17. The van der Waals surface area contributed by atoms with E-state index in [-0.39, 0.29) is 5.41 Å². The fraction of sp³-hybridized carbons (Fsp3) is 0.600. The van der Waals surface area contributed by atoms with Crippen LogP contribution in [0.3, 0.4) is 0 Å². The minimum atomic E-state index is 0.108. The molecule has 0 aromatic heterocycles. The highest BCUT2D eigenvalue weighted by atomic mass is 35.5. The van der Waals surface area contributed by atoms with Gasteiger partial charge in [0.15, 0.2) is 0 Å². The smallest absolute Gasteiger partial charge is 0.0595 e. The van der Waals surface area contributed by atoms with Crippen molar-refractivity contribution in [3.8, 4) is 0 Å². The van der Waals surface area contributed by atoms with E-state index in [1.54, 1.807) is 0 Å². The van der Waals surface area contributed by atoms with Crippen LogP contribution in [0, 0.1) is 0 Å². The lowest BCUT2D eigenvalue weighted by atomic mass is 9.74.